The number of hydrogen-bond acceptors (Lipinski definition) is 2. The van der Waals surface area contributed by atoms with Gasteiger partial charge in [-0.15, -0.1) is 0 Å². The highest BCUT2D eigenvalue weighted by atomic mass is 16.4. The van der Waals surface area contributed by atoms with Gasteiger partial charge in [0.15, 0.2) is 0 Å². The Hall–Kier alpha value is -2.80. The van der Waals surface area contributed by atoms with E-state index in [4.69, 9.17) is 5.11 Å². The van der Waals surface area contributed by atoms with E-state index in [1.807, 2.05) is 0 Å². The second kappa shape index (κ2) is 6.77. The van der Waals surface area contributed by atoms with E-state index in [0.717, 1.165) is 19.3 Å². The van der Waals surface area contributed by atoms with E-state index in [2.05, 4.69) is 18.8 Å². The summed E-state index contributed by atoms with van der Waals surface area (Å²) in [5.41, 5.74) is 0.914. The highest BCUT2D eigenvalue weighted by Crippen LogP contribution is 2.24. The minimum Gasteiger partial charge on any atom is -0.478 e. The molecule has 2 N–H and O–H groups in total. The van der Waals surface area contributed by atoms with E-state index < -0.39 is 11.9 Å². The van der Waals surface area contributed by atoms with Crippen molar-refractivity contribution in [2.75, 3.05) is 0 Å². The zero-order chi connectivity index (χ0) is 16.1. The lowest BCUT2D eigenvalue weighted by Crippen LogP contribution is -2.01. The van der Waals surface area contributed by atoms with Gasteiger partial charge >= 0.3 is 11.9 Å². The summed E-state index contributed by atoms with van der Waals surface area (Å²) in [5.74, 6) is 3.97. The molecule has 0 saturated carbocycles. The lowest BCUT2D eigenvalue weighted by Gasteiger charge is -2.06. The molecule has 4 heteroatoms. The summed E-state index contributed by atoms with van der Waals surface area (Å²) in [6, 6.07) is 7.56. The van der Waals surface area contributed by atoms with Crippen LogP contribution >= 0.6 is 0 Å². The highest BCUT2D eigenvalue weighted by molar-refractivity contribution is 6.07. The first-order chi connectivity index (χ1) is 10.5. The number of carboxylic acids is 2. The summed E-state index contributed by atoms with van der Waals surface area (Å²) >= 11 is 0. The fraction of sp³-hybridized carbons (Fsp3) is 0.222. The molecule has 0 atom stereocenters. The van der Waals surface area contributed by atoms with Crippen LogP contribution in [-0.2, 0) is 0 Å². The van der Waals surface area contributed by atoms with Gasteiger partial charge in [-0.05, 0) is 41.5 Å². The topological polar surface area (TPSA) is 74.6 Å². The number of hydrogen-bond donors (Lipinski definition) is 2. The Labute approximate surface area is 128 Å². The van der Waals surface area contributed by atoms with E-state index in [-0.39, 0.29) is 11.1 Å². The van der Waals surface area contributed by atoms with Crippen LogP contribution in [0.15, 0.2) is 30.3 Å². The normalized spacial score (nSPS) is 10.0. The van der Waals surface area contributed by atoms with Gasteiger partial charge in [0.25, 0.3) is 0 Å². The number of fused-ring (bicyclic) bond motifs is 1. The van der Waals surface area contributed by atoms with Crippen LogP contribution in [0.2, 0.25) is 0 Å². The van der Waals surface area contributed by atoms with Crippen LogP contribution in [0.1, 0.15) is 52.5 Å². The Morgan fingerprint density at radius 2 is 1.82 bits per heavy atom. The van der Waals surface area contributed by atoms with E-state index in [1.54, 1.807) is 6.07 Å². The van der Waals surface area contributed by atoms with Gasteiger partial charge in [0.05, 0.1) is 11.1 Å². The van der Waals surface area contributed by atoms with Gasteiger partial charge in [0.1, 0.15) is 0 Å². The third-order valence-corrected chi connectivity index (χ3v) is 3.37. The zero-order valence-corrected chi connectivity index (χ0v) is 12.2. The predicted molar refractivity (Wildman–Crippen MR) is 84.3 cm³/mol. The summed E-state index contributed by atoms with van der Waals surface area (Å²) in [6.07, 6.45) is 2.81. The summed E-state index contributed by atoms with van der Waals surface area (Å²) < 4.78 is 0. The minimum absolute atomic E-state index is 0.117. The average molecular weight is 296 g/mol. The molecule has 4 nitrogen and oxygen atoms in total. The molecule has 112 valence electrons. The molecule has 0 spiro atoms. The molecule has 0 bridgehead atoms. The lowest BCUT2D eigenvalue weighted by atomic mass is 9.97. The van der Waals surface area contributed by atoms with Crippen molar-refractivity contribution in [2.45, 2.75) is 26.2 Å². The average Bonchev–Trinajstić information content (AvgIpc) is 2.50. The fourth-order valence-electron chi connectivity index (χ4n) is 2.20. The predicted octanol–water partition coefficient (Wildman–Crippen LogP) is 3.78. The zero-order valence-electron chi connectivity index (χ0n) is 12.2. The number of aromatic carboxylic acids is 2. The number of carboxylic acid groups (broad SMARTS) is 2. The summed E-state index contributed by atoms with van der Waals surface area (Å²) in [4.78, 5) is 22.4. The maximum atomic E-state index is 11.3. The third-order valence-electron chi connectivity index (χ3n) is 3.37. The van der Waals surface area contributed by atoms with Gasteiger partial charge in [-0.2, -0.15) is 0 Å². The largest absolute Gasteiger partial charge is 0.478 e. The van der Waals surface area contributed by atoms with E-state index >= 15 is 0 Å². The molecule has 0 aromatic heterocycles. The van der Waals surface area contributed by atoms with Gasteiger partial charge in [0.2, 0.25) is 0 Å². The Kier molecular flexibility index (Phi) is 4.80. The van der Waals surface area contributed by atoms with Crippen LogP contribution in [0.3, 0.4) is 0 Å². The molecule has 0 saturated heterocycles. The van der Waals surface area contributed by atoms with Crippen molar-refractivity contribution in [3.05, 3.63) is 47.0 Å². The molecule has 0 aliphatic carbocycles. The van der Waals surface area contributed by atoms with Crippen molar-refractivity contribution >= 4 is 22.7 Å². The number of benzene rings is 2. The molecule has 0 radical (unpaired) electrons. The van der Waals surface area contributed by atoms with Crippen LogP contribution in [0.25, 0.3) is 10.8 Å². The smallest absolute Gasteiger partial charge is 0.336 e. The molecule has 0 heterocycles. The van der Waals surface area contributed by atoms with Crippen molar-refractivity contribution in [2.24, 2.45) is 0 Å². The molecular weight excluding hydrogens is 280 g/mol. The first-order valence-electron chi connectivity index (χ1n) is 7.06. The molecule has 2 aromatic rings. The Morgan fingerprint density at radius 3 is 2.45 bits per heavy atom. The van der Waals surface area contributed by atoms with E-state index in [9.17, 15) is 14.7 Å². The second-order valence-corrected chi connectivity index (χ2v) is 4.94. The van der Waals surface area contributed by atoms with Gasteiger partial charge in [-0.3, -0.25) is 0 Å². The molecule has 0 aliphatic rings. The minimum atomic E-state index is -1.05. The second-order valence-electron chi connectivity index (χ2n) is 4.94. The Morgan fingerprint density at radius 1 is 1.05 bits per heavy atom. The molecule has 22 heavy (non-hydrogen) atoms. The van der Waals surface area contributed by atoms with E-state index in [0.29, 0.717) is 16.3 Å². The van der Waals surface area contributed by atoms with Crippen LogP contribution in [0.4, 0.5) is 0 Å². The van der Waals surface area contributed by atoms with Gasteiger partial charge in [-0.1, -0.05) is 31.3 Å². The van der Waals surface area contributed by atoms with Crippen LogP contribution in [0.5, 0.6) is 0 Å². The van der Waals surface area contributed by atoms with Crippen LogP contribution in [-0.4, -0.2) is 22.2 Å². The third kappa shape index (κ3) is 3.26. The molecular formula is C18H16O4. The quantitative estimate of drug-likeness (QED) is 0.665. The summed E-state index contributed by atoms with van der Waals surface area (Å²) in [6.45, 7) is 2.08. The van der Waals surface area contributed by atoms with Crippen LogP contribution in [0, 0.1) is 11.8 Å². The maximum Gasteiger partial charge on any atom is 0.336 e. The molecule has 2 aromatic carbocycles. The van der Waals surface area contributed by atoms with E-state index in [1.165, 1.54) is 24.3 Å². The van der Waals surface area contributed by atoms with Crippen LogP contribution < -0.4 is 0 Å². The number of rotatable bonds is 4. The summed E-state index contributed by atoms with van der Waals surface area (Å²) in [5, 5.41) is 19.4. The van der Waals surface area contributed by atoms with Crippen molar-refractivity contribution in [1.29, 1.82) is 0 Å². The van der Waals surface area contributed by atoms with Crippen molar-refractivity contribution in [1.82, 2.24) is 0 Å². The van der Waals surface area contributed by atoms with Gasteiger partial charge < -0.3 is 10.2 Å². The van der Waals surface area contributed by atoms with Crippen molar-refractivity contribution in [3.8, 4) is 11.8 Å². The maximum absolute atomic E-state index is 11.3. The first kappa shape index (κ1) is 15.6. The number of unbranched alkanes of at least 4 members (excludes halogenated alkanes) is 2. The number of carbonyl (C=O) groups is 2. The SMILES string of the molecule is CCCCC#Cc1ccc(C(=O)O)c2ccc(C(=O)O)cc12. The summed E-state index contributed by atoms with van der Waals surface area (Å²) in [7, 11) is 0. The molecule has 0 unspecified atom stereocenters. The molecule has 0 aliphatic heterocycles. The molecule has 0 fully saturated rings. The van der Waals surface area contributed by atoms with Crippen molar-refractivity contribution < 1.29 is 19.8 Å². The highest BCUT2D eigenvalue weighted by Gasteiger charge is 2.13. The van der Waals surface area contributed by atoms with Crippen molar-refractivity contribution in [3.63, 3.8) is 0 Å². The first-order valence-corrected chi connectivity index (χ1v) is 7.06. The van der Waals surface area contributed by atoms with Gasteiger partial charge in [-0.25, -0.2) is 9.59 Å². The Balaban J connectivity index is 2.62. The molecule has 2 rings (SSSR count). The fourth-order valence-corrected chi connectivity index (χ4v) is 2.20. The Bertz CT molecular complexity index is 794. The molecule has 0 amide bonds. The standard InChI is InChI=1S/C18H16O4/c1-2-3-4-5-6-12-7-10-15(18(21)22)14-9-8-13(17(19)20)11-16(12)14/h7-11H,2-4H2,1H3,(H,19,20)(H,21,22). The lowest BCUT2D eigenvalue weighted by molar-refractivity contribution is 0.0688. The van der Waals surface area contributed by atoms with Gasteiger partial charge in [0, 0.05) is 12.0 Å². The monoisotopic (exact) mass is 296 g/mol.